The summed E-state index contributed by atoms with van der Waals surface area (Å²) in [7, 11) is 1.77. The summed E-state index contributed by atoms with van der Waals surface area (Å²) in [5, 5.41) is 16.0. The van der Waals surface area contributed by atoms with Gasteiger partial charge in [-0.05, 0) is 46.2 Å². The van der Waals surface area contributed by atoms with Crippen LogP contribution in [0, 0.1) is 0 Å². The average molecular weight is 422 g/mol. The lowest BCUT2D eigenvalue weighted by Crippen LogP contribution is -2.29. The summed E-state index contributed by atoms with van der Waals surface area (Å²) in [5.74, 6) is 0. The van der Waals surface area contributed by atoms with Crippen LogP contribution in [0.4, 0.5) is 0 Å². The third-order valence-corrected chi connectivity index (χ3v) is 4.14. The number of unbranched alkanes of at least 4 members (excludes halogenated alkanes) is 8. The normalized spacial score (nSPS) is 10.0. The van der Waals surface area contributed by atoms with E-state index in [0.717, 1.165) is 26.2 Å². The molecule has 176 valence electrons. The molecule has 0 aromatic heterocycles. The number of aliphatic hydroxyl groups excluding tert-OH is 1. The fourth-order valence-electron chi connectivity index (χ4n) is 2.64. The first kappa shape index (κ1) is 32.5. The van der Waals surface area contributed by atoms with Crippen LogP contribution in [0.25, 0.3) is 0 Å². The molecular formula is C22H47NO6. The highest BCUT2D eigenvalue weighted by atomic mass is 16.5. The van der Waals surface area contributed by atoms with E-state index in [1.165, 1.54) is 64.2 Å². The van der Waals surface area contributed by atoms with Crippen LogP contribution in [0.1, 0.15) is 85.0 Å². The molecule has 0 amide bonds. The minimum absolute atomic E-state index is 0.0301. The topological polar surface area (TPSA) is 96.3 Å². The number of hydrogen-bond acceptors (Lipinski definition) is 6. The van der Waals surface area contributed by atoms with E-state index < -0.39 is 0 Å². The first-order valence-electron chi connectivity index (χ1n) is 11.0. The Morgan fingerprint density at radius 2 is 1.34 bits per heavy atom. The molecule has 2 N–H and O–H groups in total. The van der Waals surface area contributed by atoms with Gasteiger partial charge in [0.2, 0.25) is 0 Å². The quantitative estimate of drug-likeness (QED) is 0.254. The fourth-order valence-corrected chi connectivity index (χ4v) is 2.64. The van der Waals surface area contributed by atoms with Crippen LogP contribution in [-0.4, -0.2) is 74.1 Å². The summed E-state index contributed by atoms with van der Waals surface area (Å²) in [4.78, 5) is 20.2. The van der Waals surface area contributed by atoms with Gasteiger partial charge >= 0.3 is 0 Å². The second kappa shape index (κ2) is 31.5. The van der Waals surface area contributed by atoms with Crippen molar-refractivity contribution < 1.29 is 29.3 Å². The SMILES string of the molecule is CC(C)OC=O.CCCCCCCCN(CCO)CCCCCCOC.O=CO. The zero-order chi connectivity index (χ0) is 22.6. The standard InChI is InChI=1S/C17H37NO2.C4H8O2.CH2O2/c1-3-4-5-6-7-10-13-18(15-16-19)14-11-8-9-12-17-20-2;1-4(2)6-3-5;2-1-3/h19H,3-17H2,1-2H3;3-4H,1-2H3;1H,(H,2,3). The molecule has 0 aliphatic rings. The Kier molecular flexibility index (Phi) is 35.3. The highest BCUT2D eigenvalue weighted by molar-refractivity contribution is 5.37. The van der Waals surface area contributed by atoms with E-state index in [9.17, 15) is 4.79 Å². The van der Waals surface area contributed by atoms with E-state index >= 15 is 0 Å². The van der Waals surface area contributed by atoms with Gasteiger partial charge in [0.05, 0.1) is 12.7 Å². The van der Waals surface area contributed by atoms with Crippen LogP contribution in [-0.2, 0) is 19.1 Å². The van der Waals surface area contributed by atoms with E-state index in [4.69, 9.17) is 19.7 Å². The van der Waals surface area contributed by atoms with Crippen molar-refractivity contribution in [1.82, 2.24) is 4.90 Å². The Morgan fingerprint density at radius 1 is 0.862 bits per heavy atom. The van der Waals surface area contributed by atoms with Crippen LogP contribution in [0.3, 0.4) is 0 Å². The number of hydrogen-bond donors (Lipinski definition) is 2. The van der Waals surface area contributed by atoms with Crippen molar-refractivity contribution in [2.75, 3.05) is 40.0 Å². The van der Waals surface area contributed by atoms with Gasteiger partial charge in [-0.3, -0.25) is 9.59 Å². The highest BCUT2D eigenvalue weighted by Crippen LogP contribution is 2.07. The Morgan fingerprint density at radius 3 is 1.72 bits per heavy atom. The lowest BCUT2D eigenvalue weighted by atomic mass is 10.1. The molecule has 0 unspecified atom stereocenters. The summed E-state index contributed by atoms with van der Waals surface area (Å²) >= 11 is 0. The van der Waals surface area contributed by atoms with Gasteiger partial charge in [0.1, 0.15) is 0 Å². The molecule has 0 aromatic carbocycles. The van der Waals surface area contributed by atoms with E-state index in [1.807, 2.05) is 0 Å². The molecule has 7 nitrogen and oxygen atoms in total. The number of carbonyl (C=O) groups is 2. The van der Waals surface area contributed by atoms with Crippen LogP contribution in [0.5, 0.6) is 0 Å². The van der Waals surface area contributed by atoms with Gasteiger partial charge in [0.25, 0.3) is 12.9 Å². The van der Waals surface area contributed by atoms with Crippen molar-refractivity contribution in [1.29, 1.82) is 0 Å². The van der Waals surface area contributed by atoms with Gasteiger partial charge in [0.15, 0.2) is 0 Å². The van der Waals surface area contributed by atoms with E-state index in [2.05, 4.69) is 16.6 Å². The number of methoxy groups -OCH3 is 1. The molecule has 0 aliphatic heterocycles. The maximum atomic E-state index is 9.39. The van der Waals surface area contributed by atoms with Crippen molar-refractivity contribution in [3.63, 3.8) is 0 Å². The molecule has 0 saturated carbocycles. The maximum Gasteiger partial charge on any atom is 0.293 e. The molecule has 0 atom stereocenters. The molecule has 0 saturated heterocycles. The predicted molar refractivity (Wildman–Crippen MR) is 118 cm³/mol. The zero-order valence-electron chi connectivity index (χ0n) is 19.3. The molecule has 0 heterocycles. The third kappa shape index (κ3) is 38.1. The van der Waals surface area contributed by atoms with Gasteiger partial charge in [-0.15, -0.1) is 0 Å². The van der Waals surface area contributed by atoms with Gasteiger partial charge in [-0.1, -0.05) is 51.9 Å². The number of ether oxygens (including phenoxy) is 2. The van der Waals surface area contributed by atoms with E-state index in [1.54, 1.807) is 21.0 Å². The second-order valence-corrected chi connectivity index (χ2v) is 7.13. The predicted octanol–water partition coefficient (Wildman–Crippen LogP) is 4.12. The molecule has 0 aliphatic carbocycles. The van der Waals surface area contributed by atoms with Crippen molar-refractivity contribution in [2.45, 2.75) is 91.1 Å². The third-order valence-electron chi connectivity index (χ3n) is 4.14. The first-order valence-corrected chi connectivity index (χ1v) is 11.0. The van der Waals surface area contributed by atoms with Crippen LogP contribution >= 0.6 is 0 Å². The Labute approximate surface area is 178 Å². The number of carbonyl (C=O) groups excluding carboxylic acids is 1. The maximum absolute atomic E-state index is 9.39. The van der Waals surface area contributed by atoms with Crippen LogP contribution < -0.4 is 0 Å². The molecular weight excluding hydrogens is 374 g/mol. The van der Waals surface area contributed by atoms with E-state index in [0.29, 0.717) is 13.1 Å². The lowest BCUT2D eigenvalue weighted by Gasteiger charge is -2.21. The van der Waals surface area contributed by atoms with Crippen LogP contribution in [0.2, 0.25) is 0 Å². The molecule has 0 fully saturated rings. The average Bonchev–Trinajstić information content (AvgIpc) is 2.68. The van der Waals surface area contributed by atoms with Crippen molar-refractivity contribution >= 4 is 12.9 Å². The number of rotatable bonds is 18. The lowest BCUT2D eigenvalue weighted by molar-refractivity contribution is -0.132. The van der Waals surface area contributed by atoms with Gasteiger partial charge in [-0.2, -0.15) is 0 Å². The summed E-state index contributed by atoms with van der Waals surface area (Å²) in [6, 6.07) is 0. The first-order chi connectivity index (χ1) is 14.0. The molecule has 0 aromatic rings. The van der Waals surface area contributed by atoms with Crippen molar-refractivity contribution in [2.24, 2.45) is 0 Å². The molecule has 0 bridgehead atoms. The zero-order valence-corrected chi connectivity index (χ0v) is 19.3. The minimum Gasteiger partial charge on any atom is -0.483 e. The Balaban J connectivity index is -0.000000625. The molecule has 29 heavy (non-hydrogen) atoms. The van der Waals surface area contributed by atoms with Crippen LogP contribution in [0.15, 0.2) is 0 Å². The number of aliphatic hydroxyl groups is 1. The van der Waals surface area contributed by atoms with E-state index in [-0.39, 0.29) is 12.6 Å². The fraction of sp³-hybridized carbons (Fsp3) is 0.909. The number of nitrogens with zero attached hydrogens (tertiary/aromatic N) is 1. The van der Waals surface area contributed by atoms with Crippen molar-refractivity contribution in [3.8, 4) is 0 Å². The molecule has 7 heteroatoms. The summed E-state index contributed by atoms with van der Waals surface area (Å²) < 4.78 is 9.42. The molecule has 0 spiro atoms. The minimum atomic E-state index is -0.250. The Hall–Kier alpha value is -1.18. The summed E-state index contributed by atoms with van der Waals surface area (Å²) in [6.07, 6.45) is 13.1. The van der Waals surface area contributed by atoms with Crippen molar-refractivity contribution in [3.05, 3.63) is 0 Å². The number of carboxylic acid groups (broad SMARTS) is 1. The largest absolute Gasteiger partial charge is 0.483 e. The summed E-state index contributed by atoms with van der Waals surface area (Å²) in [6.45, 7) is 10.4. The second-order valence-electron chi connectivity index (χ2n) is 7.13. The van der Waals surface area contributed by atoms with Gasteiger partial charge < -0.3 is 24.6 Å². The molecule has 0 radical (unpaired) electrons. The molecule has 0 rings (SSSR count). The smallest absolute Gasteiger partial charge is 0.293 e. The Bertz CT molecular complexity index is 287. The highest BCUT2D eigenvalue weighted by Gasteiger charge is 2.03. The summed E-state index contributed by atoms with van der Waals surface area (Å²) in [5.41, 5.74) is 0. The van der Waals surface area contributed by atoms with Gasteiger partial charge in [-0.25, -0.2) is 0 Å². The van der Waals surface area contributed by atoms with Gasteiger partial charge in [0, 0.05) is 20.3 Å². The monoisotopic (exact) mass is 421 g/mol.